The molecule has 0 bridgehead atoms. The summed E-state index contributed by atoms with van der Waals surface area (Å²) >= 11 is 0. The monoisotopic (exact) mass is 260 g/mol. The molecule has 0 N–H and O–H groups in total. The Morgan fingerprint density at radius 2 is 2.00 bits per heavy atom. The van der Waals surface area contributed by atoms with Crippen LogP contribution in [0.2, 0.25) is 0 Å². The van der Waals surface area contributed by atoms with Crippen LogP contribution in [0.1, 0.15) is 49.9 Å². The third kappa shape index (κ3) is 6.23. The number of hydrogen-bond donors (Lipinski definition) is 0. The molecule has 2 heteroatoms. The summed E-state index contributed by atoms with van der Waals surface area (Å²) in [5.41, 5.74) is 0.695. The van der Waals surface area contributed by atoms with Crippen molar-refractivity contribution in [3.05, 3.63) is 48.2 Å². The SMILES string of the molecule is CCCCC(CC)CO/C=C/C(=O)c1ccccc1. The summed E-state index contributed by atoms with van der Waals surface area (Å²) in [6.45, 7) is 5.09. The van der Waals surface area contributed by atoms with Gasteiger partial charge in [0.15, 0.2) is 5.78 Å². The van der Waals surface area contributed by atoms with Gasteiger partial charge in [-0.25, -0.2) is 0 Å². The maximum atomic E-state index is 11.8. The minimum Gasteiger partial charge on any atom is -0.501 e. The first-order chi connectivity index (χ1) is 9.27. The van der Waals surface area contributed by atoms with Gasteiger partial charge in [-0.05, 0) is 12.3 Å². The zero-order chi connectivity index (χ0) is 13.9. The van der Waals surface area contributed by atoms with Gasteiger partial charge in [-0.2, -0.15) is 0 Å². The molecule has 0 radical (unpaired) electrons. The molecule has 1 aromatic carbocycles. The Kier molecular flexibility index (Phi) is 7.64. The van der Waals surface area contributed by atoms with Crippen LogP contribution >= 0.6 is 0 Å². The number of ether oxygens (including phenoxy) is 1. The largest absolute Gasteiger partial charge is 0.501 e. The molecule has 1 aromatic rings. The predicted molar refractivity (Wildman–Crippen MR) is 79.2 cm³/mol. The van der Waals surface area contributed by atoms with E-state index in [1.165, 1.54) is 31.6 Å². The summed E-state index contributed by atoms with van der Waals surface area (Å²) in [7, 11) is 0. The molecule has 1 atom stereocenters. The minimum absolute atomic E-state index is 0.0118. The molecule has 0 saturated carbocycles. The van der Waals surface area contributed by atoms with Crippen LogP contribution in [0.5, 0.6) is 0 Å². The molecule has 0 heterocycles. The summed E-state index contributed by atoms with van der Waals surface area (Å²) in [5, 5.41) is 0. The van der Waals surface area contributed by atoms with Gasteiger partial charge in [0.2, 0.25) is 0 Å². The van der Waals surface area contributed by atoms with E-state index < -0.39 is 0 Å². The molecule has 1 rings (SSSR count). The summed E-state index contributed by atoms with van der Waals surface area (Å²) in [6.07, 6.45) is 7.83. The molecule has 1 unspecified atom stereocenters. The topological polar surface area (TPSA) is 26.3 Å². The fourth-order valence-corrected chi connectivity index (χ4v) is 1.90. The van der Waals surface area contributed by atoms with Crippen molar-refractivity contribution in [1.82, 2.24) is 0 Å². The fraction of sp³-hybridized carbons (Fsp3) is 0.471. The number of benzene rings is 1. The van der Waals surface area contributed by atoms with E-state index in [4.69, 9.17) is 4.74 Å². The van der Waals surface area contributed by atoms with Gasteiger partial charge in [0.05, 0.1) is 12.9 Å². The van der Waals surface area contributed by atoms with Gasteiger partial charge in [0.1, 0.15) is 0 Å². The van der Waals surface area contributed by atoms with Crippen molar-refractivity contribution >= 4 is 5.78 Å². The molecule has 0 aliphatic heterocycles. The molecule has 0 fully saturated rings. The van der Waals surface area contributed by atoms with Crippen LogP contribution < -0.4 is 0 Å². The third-order valence-electron chi connectivity index (χ3n) is 3.25. The predicted octanol–water partition coefficient (Wildman–Crippen LogP) is 4.62. The van der Waals surface area contributed by atoms with Gasteiger partial charge in [-0.15, -0.1) is 0 Å². The van der Waals surface area contributed by atoms with Crippen molar-refractivity contribution in [2.45, 2.75) is 39.5 Å². The second kappa shape index (κ2) is 9.37. The first-order valence-electron chi connectivity index (χ1n) is 7.15. The summed E-state index contributed by atoms with van der Waals surface area (Å²) in [4.78, 5) is 11.8. The summed E-state index contributed by atoms with van der Waals surface area (Å²) in [5.74, 6) is 0.582. The van der Waals surface area contributed by atoms with Crippen molar-refractivity contribution in [2.24, 2.45) is 5.92 Å². The standard InChI is InChI=1S/C17H24O2/c1-3-5-9-15(4-2)14-19-13-12-17(18)16-10-7-6-8-11-16/h6-8,10-13,15H,3-5,9,14H2,1-2H3/b13-12+. The second-order valence-electron chi connectivity index (χ2n) is 4.78. The Balaban J connectivity index is 2.31. The molecule has 104 valence electrons. The first-order valence-corrected chi connectivity index (χ1v) is 7.15. The lowest BCUT2D eigenvalue weighted by Crippen LogP contribution is -2.06. The van der Waals surface area contributed by atoms with Crippen molar-refractivity contribution in [3.63, 3.8) is 0 Å². The van der Waals surface area contributed by atoms with Crippen LogP contribution in [-0.4, -0.2) is 12.4 Å². The summed E-state index contributed by atoms with van der Waals surface area (Å²) in [6, 6.07) is 9.24. The third-order valence-corrected chi connectivity index (χ3v) is 3.25. The molecule has 0 aromatic heterocycles. The van der Waals surface area contributed by atoms with E-state index in [1.807, 2.05) is 30.3 Å². The zero-order valence-electron chi connectivity index (χ0n) is 12.0. The Morgan fingerprint density at radius 3 is 2.63 bits per heavy atom. The van der Waals surface area contributed by atoms with E-state index in [0.29, 0.717) is 18.1 Å². The van der Waals surface area contributed by atoms with Crippen molar-refractivity contribution < 1.29 is 9.53 Å². The van der Waals surface area contributed by atoms with Gasteiger partial charge in [-0.3, -0.25) is 4.79 Å². The highest BCUT2D eigenvalue weighted by Gasteiger charge is 2.05. The maximum Gasteiger partial charge on any atom is 0.188 e. The lowest BCUT2D eigenvalue weighted by Gasteiger charge is -2.13. The van der Waals surface area contributed by atoms with Crippen LogP contribution in [0.3, 0.4) is 0 Å². The fourth-order valence-electron chi connectivity index (χ4n) is 1.90. The Bertz CT molecular complexity index is 382. The average molecular weight is 260 g/mol. The second-order valence-corrected chi connectivity index (χ2v) is 4.78. The lowest BCUT2D eigenvalue weighted by molar-refractivity contribution is 0.104. The van der Waals surface area contributed by atoms with Gasteiger partial charge in [0.25, 0.3) is 0 Å². The van der Waals surface area contributed by atoms with E-state index in [1.54, 1.807) is 0 Å². The van der Waals surface area contributed by atoms with Crippen LogP contribution in [0.25, 0.3) is 0 Å². The van der Waals surface area contributed by atoms with Crippen LogP contribution in [0.4, 0.5) is 0 Å². The molecule has 19 heavy (non-hydrogen) atoms. The number of hydrogen-bond acceptors (Lipinski definition) is 2. The van der Waals surface area contributed by atoms with E-state index in [-0.39, 0.29) is 5.78 Å². The number of allylic oxidation sites excluding steroid dienone is 1. The minimum atomic E-state index is -0.0118. The van der Waals surface area contributed by atoms with E-state index in [9.17, 15) is 4.79 Å². The molecule has 2 nitrogen and oxygen atoms in total. The highest BCUT2D eigenvalue weighted by molar-refractivity contribution is 6.04. The summed E-state index contributed by atoms with van der Waals surface area (Å²) < 4.78 is 5.47. The van der Waals surface area contributed by atoms with E-state index in [0.717, 1.165) is 6.42 Å². The molecule has 0 spiro atoms. The van der Waals surface area contributed by atoms with Crippen molar-refractivity contribution in [2.75, 3.05) is 6.61 Å². The van der Waals surface area contributed by atoms with E-state index in [2.05, 4.69) is 13.8 Å². The molecule has 0 aliphatic carbocycles. The van der Waals surface area contributed by atoms with Gasteiger partial charge >= 0.3 is 0 Å². The van der Waals surface area contributed by atoms with E-state index >= 15 is 0 Å². The molecular weight excluding hydrogens is 236 g/mol. The zero-order valence-corrected chi connectivity index (χ0v) is 12.0. The quantitative estimate of drug-likeness (QED) is 0.368. The Hall–Kier alpha value is -1.57. The number of ketones is 1. The van der Waals surface area contributed by atoms with Gasteiger partial charge in [0, 0.05) is 11.6 Å². The molecule has 0 aliphatic rings. The highest BCUT2D eigenvalue weighted by atomic mass is 16.5. The lowest BCUT2D eigenvalue weighted by atomic mass is 10.0. The highest BCUT2D eigenvalue weighted by Crippen LogP contribution is 2.13. The van der Waals surface area contributed by atoms with Gasteiger partial charge < -0.3 is 4.74 Å². The smallest absolute Gasteiger partial charge is 0.188 e. The Morgan fingerprint density at radius 1 is 1.26 bits per heavy atom. The number of carbonyl (C=O) groups is 1. The normalized spacial score (nSPS) is 12.5. The van der Waals surface area contributed by atoms with Crippen LogP contribution in [0.15, 0.2) is 42.7 Å². The van der Waals surface area contributed by atoms with Gasteiger partial charge in [-0.1, -0.05) is 63.4 Å². The van der Waals surface area contributed by atoms with Crippen molar-refractivity contribution in [1.29, 1.82) is 0 Å². The van der Waals surface area contributed by atoms with Crippen LogP contribution in [-0.2, 0) is 4.74 Å². The maximum absolute atomic E-state index is 11.8. The molecule has 0 amide bonds. The Labute approximate surface area is 116 Å². The first kappa shape index (κ1) is 15.5. The average Bonchev–Trinajstić information content (AvgIpc) is 2.47. The number of unbranched alkanes of at least 4 members (excludes halogenated alkanes) is 1. The molecular formula is C17H24O2. The van der Waals surface area contributed by atoms with Crippen LogP contribution in [0, 0.1) is 5.92 Å². The molecule has 0 saturated heterocycles. The van der Waals surface area contributed by atoms with Crippen molar-refractivity contribution in [3.8, 4) is 0 Å². The number of carbonyl (C=O) groups excluding carboxylic acids is 1. The number of rotatable bonds is 9.